The molecule has 0 unspecified atom stereocenters. The number of carbonyl (C=O) groups excluding carboxylic acids is 3. The Kier molecular flexibility index (Phi) is 9.51. The van der Waals surface area contributed by atoms with Crippen LogP contribution >= 0.6 is 50.9 Å². The first-order valence-electron chi connectivity index (χ1n) is 12.0. The lowest BCUT2D eigenvalue weighted by Crippen LogP contribution is -2.36. The average molecular weight is 664 g/mol. The first-order valence-corrected chi connectivity index (χ1v) is 14.4. The summed E-state index contributed by atoms with van der Waals surface area (Å²) < 4.78 is 12.1. The number of amides is 3. The van der Waals surface area contributed by atoms with Gasteiger partial charge in [0.05, 0.1) is 16.5 Å². The SMILES string of the molecule is COc1cc(/C=C2/SC(=O)N(CC(=O)Nc3c(C)cc(C)cc3C)C2=O)cc(Br)c1OCc1ccc(Cl)cc1Cl. The second kappa shape index (κ2) is 12.7. The zero-order chi connectivity index (χ0) is 29.1. The van der Waals surface area contributed by atoms with Crippen molar-refractivity contribution >= 4 is 79.7 Å². The largest absolute Gasteiger partial charge is 0.493 e. The molecule has 11 heteroatoms. The zero-order valence-electron chi connectivity index (χ0n) is 22.1. The van der Waals surface area contributed by atoms with E-state index in [0.717, 1.165) is 38.9 Å². The smallest absolute Gasteiger partial charge is 0.294 e. The molecule has 3 aromatic rings. The van der Waals surface area contributed by atoms with Crippen LogP contribution in [-0.2, 0) is 16.2 Å². The van der Waals surface area contributed by atoms with Gasteiger partial charge in [-0.3, -0.25) is 19.3 Å². The summed E-state index contributed by atoms with van der Waals surface area (Å²) >= 11 is 16.5. The van der Waals surface area contributed by atoms with Gasteiger partial charge in [0.15, 0.2) is 11.5 Å². The number of benzene rings is 3. The first kappa shape index (κ1) is 30.0. The Hall–Kier alpha value is -2.98. The Balaban J connectivity index is 1.48. The van der Waals surface area contributed by atoms with E-state index in [-0.39, 0.29) is 18.1 Å². The van der Waals surface area contributed by atoms with Gasteiger partial charge >= 0.3 is 0 Å². The van der Waals surface area contributed by atoms with Gasteiger partial charge in [-0.25, -0.2) is 0 Å². The van der Waals surface area contributed by atoms with Crippen LogP contribution in [0.4, 0.5) is 10.5 Å². The van der Waals surface area contributed by atoms with Crippen molar-refractivity contribution in [2.24, 2.45) is 0 Å². The van der Waals surface area contributed by atoms with Crippen LogP contribution in [0.3, 0.4) is 0 Å². The number of hydrogen-bond acceptors (Lipinski definition) is 6. The second-order valence-corrected chi connectivity index (χ2v) is 11.8. The number of thioether (sulfide) groups is 1. The first-order chi connectivity index (χ1) is 19.0. The number of hydrogen-bond donors (Lipinski definition) is 1. The maximum atomic E-state index is 13.1. The highest BCUT2D eigenvalue weighted by atomic mass is 79.9. The molecule has 1 aliphatic heterocycles. The van der Waals surface area contributed by atoms with E-state index in [1.807, 2.05) is 32.9 Å². The van der Waals surface area contributed by atoms with Crippen LogP contribution in [0.15, 0.2) is 51.8 Å². The molecule has 7 nitrogen and oxygen atoms in total. The number of ether oxygens (including phenoxy) is 2. The van der Waals surface area contributed by atoms with Crippen molar-refractivity contribution < 1.29 is 23.9 Å². The molecule has 0 bridgehead atoms. The number of nitrogens with one attached hydrogen (secondary N) is 1. The molecule has 4 rings (SSSR count). The summed E-state index contributed by atoms with van der Waals surface area (Å²) in [6.07, 6.45) is 1.57. The van der Waals surface area contributed by atoms with Gasteiger partial charge in [-0.2, -0.15) is 0 Å². The van der Waals surface area contributed by atoms with E-state index in [1.54, 1.807) is 36.4 Å². The molecule has 208 valence electrons. The molecule has 0 atom stereocenters. The molecule has 1 aliphatic rings. The predicted octanol–water partition coefficient (Wildman–Crippen LogP) is 7.94. The number of rotatable bonds is 8. The molecule has 0 saturated carbocycles. The summed E-state index contributed by atoms with van der Waals surface area (Å²) in [5, 5.41) is 3.32. The van der Waals surface area contributed by atoms with E-state index in [9.17, 15) is 14.4 Å². The lowest BCUT2D eigenvalue weighted by atomic mass is 10.1. The molecule has 3 amide bonds. The van der Waals surface area contributed by atoms with Gasteiger partial charge in [-0.15, -0.1) is 0 Å². The number of methoxy groups -OCH3 is 1. The third kappa shape index (κ3) is 6.83. The van der Waals surface area contributed by atoms with E-state index in [4.69, 9.17) is 32.7 Å². The number of halogens is 3. The Bertz CT molecular complexity index is 1540. The normalized spacial score (nSPS) is 14.2. The highest BCUT2D eigenvalue weighted by Crippen LogP contribution is 2.40. The van der Waals surface area contributed by atoms with Crippen LogP contribution in [0.5, 0.6) is 11.5 Å². The van der Waals surface area contributed by atoms with Crippen molar-refractivity contribution in [3.8, 4) is 11.5 Å². The van der Waals surface area contributed by atoms with Crippen LogP contribution in [0.25, 0.3) is 6.08 Å². The monoisotopic (exact) mass is 662 g/mol. The lowest BCUT2D eigenvalue weighted by molar-refractivity contribution is -0.127. The summed E-state index contributed by atoms with van der Waals surface area (Å²) in [5.41, 5.74) is 4.91. The van der Waals surface area contributed by atoms with Crippen molar-refractivity contribution in [1.29, 1.82) is 0 Å². The quantitative estimate of drug-likeness (QED) is 0.246. The molecular formula is C29H25BrCl2N2O5S. The molecule has 1 N–H and O–H groups in total. The maximum absolute atomic E-state index is 13.1. The Morgan fingerprint density at radius 3 is 2.42 bits per heavy atom. The summed E-state index contributed by atoms with van der Waals surface area (Å²) in [6, 6.07) is 12.5. The third-order valence-corrected chi connectivity index (χ3v) is 8.14. The van der Waals surface area contributed by atoms with Gasteiger partial charge in [0, 0.05) is 21.3 Å². The fourth-order valence-corrected chi connectivity index (χ4v) is 6.11. The summed E-state index contributed by atoms with van der Waals surface area (Å²) in [5.74, 6) is -0.147. The Morgan fingerprint density at radius 1 is 1.07 bits per heavy atom. The Morgan fingerprint density at radius 2 is 1.77 bits per heavy atom. The molecular weight excluding hydrogens is 639 g/mol. The minimum Gasteiger partial charge on any atom is -0.493 e. The van der Waals surface area contributed by atoms with Crippen LogP contribution in [0.1, 0.15) is 27.8 Å². The van der Waals surface area contributed by atoms with Crippen LogP contribution in [0, 0.1) is 20.8 Å². The minimum absolute atomic E-state index is 0.174. The van der Waals surface area contributed by atoms with Gasteiger partial charge in [0.25, 0.3) is 11.1 Å². The van der Waals surface area contributed by atoms with Crippen LogP contribution in [0.2, 0.25) is 10.0 Å². The fourth-order valence-electron chi connectivity index (χ4n) is 4.24. The number of aryl methyl sites for hydroxylation is 3. The van der Waals surface area contributed by atoms with Gasteiger partial charge in [0.1, 0.15) is 13.2 Å². The summed E-state index contributed by atoms with van der Waals surface area (Å²) in [4.78, 5) is 39.6. The third-order valence-electron chi connectivity index (χ3n) is 6.05. The standard InChI is InChI=1S/C29H25BrCl2N2O5S/c1-15-7-16(2)26(17(3)8-15)33-25(35)13-34-28(36)24(40-29(34)37)11-18-9-21(30)27(23(10-18)38-4)39-14-19-5-6-20(31)12-22(19)32/h5-12H,13-14H2,1-4H3,(H,33,35)/b24-11+. The molecule has 0 aromatic heterocycles. The number of nitrogens with zero attached hydrogens (tertiary/aromatic N) is 1. The van der Waals surface area contributed by atoms with Crippen molar-refractivity contribution in [3.63, 3.8) is 0 Å². The average Bonchev–Trinajstić information content (AvgIpc) is 3.13. The van der Waals surface area contributed by atoms with Gasteiger partial charge in [-0.1, -0.05) is 47.0 Å². The number of imide groups is 1. The van der Waals surface area contributed by atoms with E-state index in [0.29, 0.717) is 37.3 Å². The van der Waals surface area contributed by atoms with Crippen molar-refractivity contribution in [1.82, 2.24) is 4.90 Å². The minimum atomic E-state index is -0.546. The van der Waals surface area contributed by atoms with E-state index in [2.05, 4.69) is 21.2 Å². The molecule has 1 heterocycles. The molecule has 1 saturated heterocycles. The lowest BCUT2D eigenvalue weighted by Gasteiger charge is -2.16. The van der Waals surface area contributed by atoms with Crippen LogP contribution < -0.4 is 14.8 Å². The van der Waals surface area contributed by atoms with Crippen molar-refractivity contribution in [2.45, 2.75) is 27.4 Å². The maximum Gasteiger partial charge on any atom is 0.294 e. The number of anilines is 1. The molecule has 1 fully saturated rings. The topological polar surface area (TPSA) is 84.9 Å². The summed E-state index contributed by atoms with van der Waals surface area (Å²) in [6.45, 7) is 5.56. The molecule has 3 aromatic carbocycles. The van der Waals surface area contributed by atoms with Gasteiger partial charge in [0.2, 0.25) is 5.91 Å². The van der Waals surface area contributed by atoms with E-state index in [1.165, 1.54) is 7.11 Å². The zero-order valence-corrected chi connectivity index (χ0v) is 26.0. The molecule has 0 aliphatic carbocycles. The van der Waals surface area contributed by atoms with E-state index >= 15 is 0 Å². The highest BCUT2D eigenvalue weighted by molar-refractivity contribution is 9.10. The van der Waals surface area contributed by atoms with Gasteiger partial charge < -0.3 is 14.8 Å². The molecule has 40 heavy (non-hydrogen) atoms. The van der Waals surface area contributed by atoms with Crippen molar-refractivity contribution in [3.05, 3.63) is 89.7 Å². The second-order valence-electron chi connectivity index (χ2n) is 9.15. The number of carbonyl (C=O) groups is 3. The van der Waals surface area contributed by atoms with E-state index < -0.39 is 17.1 Å². The van der Waals surface area contributed by atoms with Crippen molar-refractivity contribution in [2.75, 3.05) is 19.0 Å². The molecule has 0 radical (unpaired) electrons. The fraction of sp³-hybridized carbons (Fsp3) is 0.207. The predicted molar refractivity (Wildman–Crippen MR) is 163 cm³/mol. The van der Waals surface area contributed by atoms with Crippen LogP contribution in [-0.4, -0.2) is 35.6 Å². The Labute approximate surface area is 254 Å². The van der Waals surface area contributed by atoms with Gasteiger partial charge in [-0.05, 0) is 95.5 Å². The summed E-state index contributed by atoms with van der Waals surface area (Å²) in [7, 11) is 1.50. The highest BCUT2D eigenvalue weighted by Gasteiger charge is 2.36. The molecule has 0 spiro atoms.